The molecule has 1 N–H and O–H groups in total. The summed E-state index contributed by atoms with van der Waals surface area (Å²) in [6.07, 6.45) is 5.85. The van der Waals surface area contributed by atoms with Gasteiger partial charge in [0.2, 0.25) is 0 Å². The Labute approximate surface area is 141 Å². The Morgan fingerprint density at radius 3 is 2.88 bits per heavy atom. The maximum atomic E-state index is 9.00. The van der Waals surface area contributed by atoms with E-state index in [0.717, 1.165) is 32.5 Å². The molecular formula is C19H20N4O. The van der Waals surface area contributed by atoms with Crippen LogP contribution >= 0.6 is 0 Å². The van der Waals surface area contributed by atoms with Crippen LogP contribution in [0.4, 0.5) is 0 Å². The maximum absolute atomic E-state index is 9.00. The molecule has 0 aromatic carbocycles. The van der Waals surface area contributed by atoms with Crippen LogP contribution < -0.4 is 5.32 Å². The van der Waals surface area contributed by atoms with Gasteiger partial charge < -0.3 is 10.1 Å². The van der Waals surface area contributed by atoms with Gasteiger partial charge in [-0.2, -0.15) is 5.26 Å². The minimum Gasteiger partial charge on any atom is -0.371 e. The van der Waals surface area contributed by atoms with Crippen LogP contribution in [-0.2, 0) is 4.74 Å². The van der Waals surface area contributed by atoms with Gasteiger partial charge in [-0.05, 0) is 42.5 Å². The molecule has 1 aliphatic carbocycles. The Balaban J connectivity index is 1.50. The molecule has 1 unspecified atom stereocenters. The highest BCUT2D eigenvalue weighted by Gasteiger charge is 2.35. The lowest BCUT2D eigenvalue weighted by molar-refractivity contribution is 0.0263. The fourth-order valence-electron chi connectivity index (χ4n) is 3.68. The summed E-state index contributed by atoms with van der Waals surface area (Å²) in [6.45, 7) is 2.52. The highest BCUT2D eigenvalue weighted by atomic mass is 16.5. The van der Waals surface area contributed by atoms with Gasteiger partial charge in [0.1, 0.15) is 11.8 Å². The Bertz CT molecular complexity index is 758. The van der Waals surface area contributed by atoms with Crippen molar-refractivity contribution in [1.82, 2.24) is 15.3 Å². The first-order valence-corrected chi connectivity index (χ1v) is 8.48. The molecule has 2 aromatic heterocycles. The smallest absolute Gasteiger partial charge is 0.140 e. The molecule has 5 nitrogen and oxygen atoms in total. The van der Waals surface area contributed by atoms with E-state index in [1.54, 1.807) is 6.20 Å². The minimum absolute atomic E-state index is 0.104. The predicted molar refractivity (Wildman–Crippen MR) is 89.5 cm³/mol. The fourth-order valence-corrected chi connectivity index (χ4v) is 3.68. The predicted octanol–water partition coefficient (Wildman–Crippen LogP) is 2.67. The summed E-state index contributed by atoms with van der Waals surface area (Å²) >= 11 is 0. The molecule has 0 radical (unpaired) electrons. The second kappa shape index (κ2) is 6.68. The van der Waals surface area contributed by atoms with Crippen LogP contribution in [0.1, 0.15) is 53.3 Å². The third-order valence-electron chi connectivity index (χ3n) is 5.04. The summed E-state index contributed by atoms with van der Waals surface area (Å²) in [4.78, 5) is 8.72. The number of nitrogens with one attached hydrogen (secondary N) is 1. The van der Waals surface area contributed by atoms with Crippen molar-refractivity contribution in [2.75, 3.05) is 19.7 Å². The summed E-state index contributed by atoms with van der Waals surface area (Å²) in [5.74, 6) is 0.959. The van der Waals surface area contributed by atoms with Gasteiger partial charge in [-0.3, -0.25) is 4.98 Å². The van der Waals surface area contributed by atoms with Gasteiger partial charge in [0.15, 0.2) is 0 Å². The molecule has 2 aromatic rings. The van der Waals surface area contributed by atoms with Gasteiger partial charge in [-0.1, -0.05) is 6.07 Å². The van der Waals surface area contributed by atoms with E-state index in [2.05, 4.69) is 27.4 Å². The summed E-state index contributed by atoms with van der Waals surface area (Å²) in [5.41, 5.74) is 4.11. The van der Waals surface area contributed by atoms with Crippen LogP contribution in [0, 0.1) is 11.3 Å². The van der Waals surface area contributed by atoms with Crippen LogP contribution in [0.2, 0.25) is 0 Å². The lowest BCUT2D eigenvalue weighted by Crippen LogP contribution is -2.34. The van der Waals surface area contributed by atoms with Gasteiger partial charge >= 0.3 is 0 Å². The van der Waals surface area contributed by atoms with Crippen molar-refractivity contribution < 1.29 is 4.74 Å². The highest BCUT2D eigenvalue weighted by Crippen LogP contribution is 2.48. The van der Waals surface area contributed by atoms with E-state index in [1.807, 2.05) is 24.4 Å². The second-order valence-electron chi connectivity index (χ2n) is 6.49. The fraction of sp³-hybridized carbons (Fsp3) is 0.421. The quantitative estimate of drug-likeness (QED) is 0.941. The first-order valence-electron chi connectivity index (χ1n) is 8.48. The average molecular weight is 320 g/mol. The Morgan fingerprint density at radius 1 is 1.17 bits per heavy atom. The van der Waals surface area contributed by atoms with Crippen molar-refractivity contribution in [1.29, 1.82) is 5.26 Å². The zero-order chi connectivity index (χ0) is 16.4. The van der Waals surface area contributed by atoms with Crippen molar-refractivity contribution in [3.05, 3.63) is 59.2 Å². The molecule has 122 valence electrons. The lowest BCUT2D eigenvalue weighted by atomic mass is 9.69. The van der Waals surface area contributed by atoms with Crippen molar-refractivity contribution in [3.8, 4) is 6.07 Å². The minimum atomic E-state index is 0.104. The largest absolute Gasteiger partial charge is 0.371 e. The number of rotatable bonds is 3. The standard InChI is InChI=1S/C19H20N4O/c20-11-16-10-13(3-5-22-16)14-8-15(9-14)19-17(2-1-4-23-19)18-12-21-6-7-24-18/h1-5,10,14-15,18,21H,6-9,12H2. The molecule has 0 bridgehead atoms. The molecule has 0 spiro atoms. The molecule has 2 aliphatic rings. The Kier molecular flexibility index (Phi) is 4.24. The number of hydrogen-bond donors (Lipinski definition) is 1. The number of ether oxygens (including phenoxy) is 1. The highest BCUT2D eigenvalue weighted by molar-refractivity contribution is 5.34. The maximum Gasteiger partial charge on any atom is 0.140 e. The van der Waals surface area contributed by atoms with Crippen LogP contribution in [0.25, 0.3) is 0 Å². The summed E-state index contributed by atoms with van der Waals surface area (Å²) in [6, 6.07) is 10.2. The molecule has 24 heavy (non-hydrogen) atoms. The third-order valence-corrected chi connectivity index (χ3v) is 5.04. The molecule has 1 saturated heterocycles. The lowest BCUT2D eigenvalue weighted by Gasteiger charge is -2.37. The van der Waals surface area contributed by atoms with E-state index in [9.17, 15) is 0 Å². The number of pyridine rings is 2. The molecule has 1 aliphatic heterocycles. The van der Waals surface area contributed by atoms with Crippen molar-refractivity contribution in [3.63, 3.8) is 0 Å². The van der Waals surface area contributed by atoms with E-state index in [1.165, 1.54) is 16.8 Å². The zero-order valence-corrected chi connectivity index (χ0v) is 13.5. The van der Waals surface area contributed by atoms with Crippen LogP contribution in [-0.4, -0.2) is 29.7 Å². The molecule has 2 fully saturated rings. The normalized spacial score (nSPS) is 26.4. The number of nitrogens with zero attached hydrogens (tertiary/aromatic N) is 3. The Morgan fingerprint density at radius 2 is 2.08 bits per heavy atom. The average Bonchev–Trinajstić information content (AvgIpc) is 2.62. The van der Waals surface area contributed by atoms with Gasteiger partial charge in [-0.25, -0.2) is 4.98 Å². The van der Waals surface area contributed by atoms with E-state index in [-0.39, 0.29) is 6.10 Å². The molecule has 3 heterocycles. The van der Waals surface area contributed by atoms with Crippen LogP contribution in [0.3, 0.4) is 0 Å². The van der Waals surface area contributed by atoms with Crippen LogP contribution in [0.15, 0.2) is 36.7 Å². The Hall–Kier alpha value is -2.29. The number of morpholine rings is 1. The van der Waals surface area contributed by atoms with Gasteiger partial charge in [0, 0.05) is 42.7 Å². The summed E-state index contributed by atoms with van der Waals surface area (Å²) in [5, 5.41) is 12.4. The van der Waals surface area contributed by atoms with E-state index < -0.39 is 0 Å². The van der Waals surface area contributed by atoms with Gasteiger partial charge in [-0.15, -0.1) is 0 Å². The SMILES string of the molecule is N#Cc1cc(C2CC(c3ncccc3C3CNCCO3)C2)ccn1. The number of aromatic nitrogens is 2. The number of nitriles is 1. The third kappa shape index (κ3) is 2.91. The van der Waals surface area contributed by atoms with E-state index in [4.69, 9.17) is 10.00 Å². The molecule has 0 amide bonds. The molecule has 1 atom stereocenters. The van der Waals surface area contributed by atoms with Crippen molar-refractivity contribution in [2.24, 2.45) is 0 Å². The molecule has 4 rings (SSSR count). The monoisotopic (exact) mass is 320 g/mol. The topological polar surface area (TPSA) is 70.8 Å². The van der Waals surface area contributed by atoms with E-state index in [0.29, 0.717) is 17.5 Å². The first-order chi connectivity index (χ1) is 11.8. The zero-order valence-electron chi connectivity index (χ0n) is 13.5. The second-order valence-corrected chi connectivity index (χ2v) is 6.49. The van der Waals surface area contributed by atoms with Gasteiger partial charge in [0.05, 0.1) is 12.7 Å². The van der Waals surface area contributed by atoms with Crippen molar-refractivity contribution >= 4 is 0 Å². The van der Waals surface area contributed by atoms with Crippen molar-refractivity contribution in [2.45, 2.75) is 30.8 Å². The molecule has 1 saturated carbocycles. The van der Waals surface area contributed by atoms with E-state index >= 15 is 0 Å². The van der Waals surface area contributed by atoms with Gasteiger partial charge in [0.25, 0.3) is 0 Å². The summed E-state index contributed by atoms with van der Waals surface area (Å²) in [7, 11) is 0. The molecule has 5 heteroatoms. The number of hydrogen-bond acceptors (Lipinski definition) is 5. The summed E-state index contributed by atoms with van der Waals surface area (Å²) < 4.78 is 5.92. The first kappa shape index (κ1) is 15.3. The van der Waals surface area contributed by atoms with Crippen LogP contribution in [0.5, 0.6) is 0 Å². The molecular weight excluding hydrogens is 300 g/mol.